The van der Waals surface area contributed by atoms with Crippen LogP contribution in [-0.2, 0) is 13.0 Å². The third kappa shape index (κ3) is 2.73. The molecular weight excluding hydrogens is 324 g/mol. The molecule has 5 nitrogen and oxygen atoms in total. The van der Waals surface area contributed by atoms with Gasteiger partial charge in [0.1, 0.15) is 10.7 Å². The van der Waals surface area contributed by atoms with Crippen molar-refractivity contribution in [3.63, 3.8) is 0 Å². The molecule has 0 saturated carbocycles. The van der Waals surface area contributed by atoms with E-state index in [1.54, 1.807) is 40.2 Å². The summed E-state index contributed by atoms with van der Waals surface area (Å²) in [4.78, 5) is 30.5. The summed E-state index contributed by atoms with van der Waals surface area (Å²) in [5, 5.41) is 9.67. The molecule has 1 N–H and O–H groups in total. The van der Waals surface area contributed by atoms with Gasteiger partial charge in [-0.1, -0.05) is 19.1 Å². The van der Waals surface area contributed by atoms with Gasteiger partial charge < -0.3 is 5.11 Å². The Hall–Kier alpha value is -2.47. The highest BCUT2D eigenvalue weighted by molar-refractivity contribution is 7.18. The molecule has 0 radical (unpaired) electrons. The molecule has 1 aromatic carbocycles. The van der Waals surface area contributed by atoms with Crippen LogP contribution in [0.3, 0.4) is 0 Å². The number of fused-ring (bicyclic) bond motifs is 1. The van der Waals surface area contributed by atoms with Gasteiger partial charge >= 0.3 is 5.97 Å². The minimum absolute atomic E-state index is 0.0268. The lowest BCUT2D eigenvalue weighted by molar-refractivity contribution is 0.0697. The molecular formula is C18H18N2O3S. The maximum atomic E-state index is 13.0. The van der Waals surface area contributed by atoms with E-state index in [0.29, 0.717) is 18.4 Å². The number of carboxylic acid groups (broad SMARTS) is 1. The van der Waals surface area contributed by atoms with Crippen molar-refractivity contribution in [3.05, 3.63) is 62.0 Å². The Kier molecular flexibility index (Phi) is 4.24. The zero-order valence-electron chi connectivity index (χ0n) is 13.8. The molecule has 0 atom stereocenters. The number of aryl methyl sites for hydroxylation is 3. The number of nitrogens with zero attached hydrogens (tertiary/aromatic N) is 2. The highest BCUT2D eigenvalue weighted by Crippen LogP contribution is 2.26. The predicted molar refractivity (Wildman–Crippen MR) is 95.2 cm³/mol. The Morgan fingerprint density at radius 1 is 1.25 bits per heavy atom. The number of aromatic carboxylic acids is 1. The first-order chi connectivity index (χ1) is 11.4. The second kappa shape index (κ2) is 6.20. The molecule has 0 unspecified atom stereocenters. The Labute approximate surface area is 143 Å². The van der Waals surface area contributed by atoms with Crippen molar-refractivity contribution in [2.45, 2.75) is 33.7 Å². The normalized spacial score (nSPS) is 11.1. The number of hydrogen-bond donors (Lipinski definition) is 1. The maximum absolute atomic E-state index is 13.0. The summed E-state index contributed by atoms with van der Waals surface area (Å²) in [6.07, 6.45) is 0.661. The van der Waals surface area contributed by atoms with Crippen LogP contribution < -0.4 is 5.56 Å². The Balaban J connectivity index is 2.11. The van der Waals surface area contributed by atoms with Gasteiger partial charge in [-0.25, -0.2) is 9.78 Å². The van der Waals surface area contributed by atoms with Crippen molar-refractivity contribution in [2.24, 2.45) is 0 Å². The molecule has 6 heteroatoms. The van der Waals surface area contributed by atoms with Crippen molar-refractivity contribution in [1.82, 2.24) is 9.55 Å². The third-order valence-corrected chi connectivity index (χ3v) is 5.33. The highest BCUT2D eigenvalue weighted by Gasteiger charge is 2.16. The van der Waals surface area contributed by atoms with Gasteiger partial charge in [0.25, 0.3) is 5.56 Å². The molecule has 24 heavy (non-hydrogen) atoms. The van der Waals surface area contributed by atoms with Crippen LogP contribution in [0.15, 0.2) is 29.1 Å². The molecule has 3 rings (SSSR count). The fourth-order valence-electron chi connectivity index (χ4n) is 2.74. The maximum Gasteiger partial charge on any atom is 0.335 e. The van der Waals surface area contributed by atoms with Crippen LogP contribution in [0.1, 0.15) is 39.1 Å². The molecule has 2 heterocycles. The van der Waals surface area contributed by atoms with Crippen LogP contribution in [0.25, 0.3) is 10.2 Å². The van der Waals surface area contributed by atoms with Crippen molar-refractivity contribution in [1.29, 1.82) is 0 Å². The summed E-state index contributed by atoms with van der Waals surface area (Å²) < 4.78 is 1.69. The van der Waals surface area contributed by atoms with E-state index in [1.807, 2.05) is 20.8 Å². The number of carboxylic acids is 1. The zero-order valence-corrected chi connectivity index (χ0v) is 14.6. The lowest BCUT2D eigenvalue weighted by atomic mass is 10.1. The number of rotatable bonds is 4. The van der Waals surface area contributed by atoms with E-state index in [1.165, 1.54) is 0 Å². The van der Waals surface area contributed by atoms with E-state index in [2.05, 4.69) is 4.98 Å². The lowest BCUT2D eigenvalue weighted by Gasteiger charge is -2.11. The van der Waals surface area contributed by atoms with E-state index >= 15 is 0 Å². The molecule has 124 valence electrons. The predicted octanol–water partition coefficient (Wildman–Crippen LogP) is 3.38. The fraction of sp³-hybridized carbons (Fsp3) is 0.278. The molecule has 3 aromatic rings. The van der Waals surface area contributed by atoms with Gasteiger partial charge in [0.05, 0.1) is 17.5 Å². The fourth-order valence-corrected chi connectivity index (χ4v) is 3.78. The topological polar surface area (TPSA) is 72.2 Å². The molecule has 0 aliphatic rings. The number of hydrogen-bond acceptors (Lipinski definition) is 4. The Morgan fingerprint density at radius 2 is 1.92 bits per heavy atom. The Bertz CT molecular complexity index is 984. The van der Waals surface area contributed by atoms with Crippen molar-refractivity contribution in [3.8, 4) is 0 Å². The Morgan fingerprint density at radius 3 is 2.50 bits per heavy atom. The number of carbonyl (C=O) groups is 1. The first-order valence-corrected chi connectivity index (χ1v) is 8.55. The average Bonchev–Trinajstić information content (AvgIpc) is 2.85. The standard InChI is InChI=1S/C18H18N2O3S/c1-4-14-19-16-15(10(2)11(3)24-16)17(21)20(14)9-12-5-7-13(8-6-12)18(22)23/h5-8H,4,9H2,1-3H3,(H,22,23). The minimum atomic E-state index is -0.958. The van der Waals surface area contributed by atoms with E-state index in [9.17, 15) is 9.59 Å². The summed E-state index contributed by atoms with van der Waals surface area (Å²) in [5.74, 6) is -0.212. The molecule has 0 spiro atoms. The summed E-state index contributed by atoms with van der Waals surface area (Å²) in [6.45, 7) is 6.32. The zero-order chi connectivity index (χ0) is 17.4. The van der Waals surface area contributed by atoms with Gasteiger partial charge in [-0.3, -0.25) is 9.36 Å². The number of thiophene rings is 1. The molecule has 0 bridgehead atoms. The van der Waals surface area contributed by atoms with Gasteiger partial charge in [0.2, 0.25) is 0 Å². The van der Waals surface area contributed by atoms with E-state index in [4.69, 9.17) is 5.11 Å². The van der Waals surface area contributed by atoms with E-state index in [0.717, 1.165) is 26.7 Å². The molecule has 0 saturated heterocycles. The minimum Gasteiger partial charge on any atom is -0.478 e. The van der Waals surface area contributed by atoms with Crippen LogP contribution in [0.4, 0.5) is 0 Å². The quantitative estimate of drug-likeness (QED) is 0.789. The second-order valence-electron chi connectivity index (χ2n) is 5.74. The van der Waals surface area contributed by atoms with Gasteiger partial charge in [0, 0.05) is 11.3 Å². The SMILES string of the molecule is CCc1nc2sc(C)c(C)c2c(=O)n1Cc1ccc(C(=O)O)cc1. The van der Waals surface area contributed by atoms with Crippen LogP contribution in [0, 0.1) is 13.8 Å². The summed E-state index contributed by atoms with van der Waals surface area (Å²) in [6, 6.07) is 6.59. The summed E-state index contributed by atoms with van der Waals surface area (Å²) in [7, 11) is 0. The lowest BCUT2D eigenvalue weighted by Crippen LogP contribution is -2.25. The summed E-state index contributed by atoms with van der Waals surface area (Å²) in [5.41, 5.74) is 2.08. The largest absolute Gasteiger partial charge is 0.478 e. The first kappa shape index (κ1) is 16.4. The average molecular weight is 342 g/mol. The summed E-state index contributed by atoms with van der Waals surface area (Å²) >= 11 is 1.55. The first-order valence-electron chi connectivity index (χ1n) is 7.74. The number of benzene rings is 1. The van der Waals surface area contributed by atoms with Gasteiger partial charge in [-0.15, -0.1) is 11.3 Å². The van der Waals surface area contributed by atoms with Crippen molar-refractivity contribution >= 4 is 27.5 Å². The van der Waals surface area contributed by atoms with Crippen LogP contribution in [-0.4, -0.2) is 20.6 Å². The van der Waals surface area contributed by atoms with Crippen LogP contribution in [0.2, 0.25) is 0 Å². The van der Waals surface area contributed by atoms with Gasteiger partial charge in [-0.05, 0) is 37.1 Å². The van der Waals surface area contributed by atoms with Crippen LogP contribution in [0.5, 0.6) is 0 Å². The third-order valence-electron chi connectivity index (χ3n) is 4.23. The monoisotopic (exact) mass is 342 g/mol. The molecule has 0 aliphatic carbocycles. The van der Waals surface area contributed by atoms with Crippen LogP contribution >= 0.6 is 11.3 Å². The molecule has 0 aliphatic heterocycles. The smallest absolute Gasteiger partial charge is 0.335 e. The highest BCUT2D eigenvalue weighted by atomic mass is 32.1. The molecule has 0 amide bonds. The van der Waals surface area contributed by atoms with Crippen molar-refractivity contribution < 1.29 is 9.90 Å². The van der Waals surface area contributed by atoms with E-state index < -0.39 is 5.97 Å². The van der Waals surface area contributed by atoms with Crippen molar-refractivity contribution in [2.75, 3.05) is 0 Å². The van der Waals surface area contributed by atoms with E-state index in [-0.39, 0.29) is 11.1 Å². The number of aromatic nitrogens is 2. The second-order valence-corrected chi connectivity index (χ2v) is 6.94. The van der Waals surface area contributed by atoms with Gasteiger partial charge in [-0.2, -0.15) is 0 Å². The van der Waals surface area contributed by atoms with Gasteiger partial charge in [0.15, 0.2) is 0 Å². The molecule has 2 aromatic heterocycles. The molecule has 0 fully saturated rings.